The topological polar surface area (TPSA) is 112 Å². The van der Waals surface area contributed by atoms with Gasteiger partial charge in [-0.3, -0.25) is 10.1 Å². The lowest BCUT2D eigenvalue weighted by Gasteiger charge is -2.27. The molecule has 0 aliphatic rings. The van der Waals surface area contributed by atoms with Crippen LogP contribution in [0.25, 0.3) is 0 Å². The first kappa shape index (κ1) is 18.3. The van der Waals surface area contributed by atoms with Crippen molar-refractivity contribution in [3.8, 4) is 0 Å². The fourth-order valence-electron chi connectivity index (χ4n) is 1.56. The highest BCUT2D eigenvalue weighted by atomic mass is 16.7. The highest BCUT2D eigenvalue weighted by molar-refractivity contribution is 5.85. The largest absolute Gasteiger partial charge is 0.468 e. The van der Waals surface area contributed by atoms with Gasteiger partial charge < -0.3 is 20.0 Å². The van der Waals surface area contributed by atoms with Crippen molar-refractivity contribution in [3.05, 3.63) is 0 Å². The molecule has 0 aliphatic heterocycles. The van der Waals surface area contributed by atoms with E-state index in [-0.39, 0.29) is 25.0 Å². The first-order valence-electron chi connectivity index (χ1n) is 6.24. The predicted octanol–water partition coefficient (Wildman–Crippen LogP) is -0.230. The van der Waals surface area contributed by atoms with E-state index in [4.69, 9.17) is 10.5 Å². The molecule has 3 N–H and O–H groups in total. The van der Waals surface area contributed by atoms with Gasteiger partial charge in [-0.1, -0.05) is 18.5 Å². The Labute approximate surface area is 118 Å². The second-order valence-electron chi connectivity index (χ2n) is 4.41. The van der Waals surface area contributed by atoms with Crippen LogP contribution in [0.5, 0.6) is 0 Å². The lowest BCUT2D eigenvalue weighted by molar-refractivity contribution is -0.149. The molecule has 0 aromatic heterocycles. The first-order chi connectivity index (χ1) is 9.39. The zero-order valence-corrected chi connectivity index (χ0v) is 12.4. The number of amidine groups is 1. The number of oxime groups is 1. The van der Waals surface area contributed by atoms with Gasteiger partial charge in [0.25, 0.3) is 0 Å². The van der Waals surface area contributed by atoms with Gasteiger partial charge in [-0.05, 0) is 13.3 Å². The molecular formula is C12H23N3O5. The number of methoxy groups -OCH3 is 2. The minimum absolute atomic E-state index is 0.0423. The van der Waals surface area contributed by atoms with Gasteiger partial charge in [0.1, 0.15) is 12.1 Å². The Bertz CT molecular complexity index is 359. The number of hydrogen-bond acceptors (Lipinski definition) is 7. The zero-order chi connectivity index (χ0) is 15.6. The molecule has 20 heavy (non-hydrogen) atoms. The summed E-state index contributed by atoms with van der Waals surface area (Å²) in [4.78, 5) is 27.2. The molecule has 0 bridgehead atoms. The van der Waals surface area contributed by atoms with Crippen LogP contribution in [0.2, 0.25) is 0 Å². The third-order valence-corrected chi connectivity index (χ3v) is 2.57. The smallest absolute Gasteiger partial charge is 0.360 e. The van der Waals surface area contributed by atoms with Gasteiger partial charge in [0.15, 0.2) is 5.84 Å². The van der Waals surface area contributed by atoms with Crippen LogP contribution in [0.4, 0.5) is 0 Å². The minimum Gasteiger partial charge on any atom is -0.468 e. The van der Waals surface area contributed by atoms with Crippen LogP contribution in [0, 0.1) is 0 Å². The van der Waals surface area contributed by atoms with Crippen molar-refractivity contribution in [2.45, 2.75) is 32.2 Å². The molecule has 0 aromatic carbocycles. The summed E-state index contributed by atoms with van der Waals surface area (Å²) in [7, 11) is 2.68. The number of nitrogens with two attached hydrogens (primary N) is 1. The van der Waals surface area contributed by atoms with E-state index in [0.717, 1.165) is 6.42 Å². The van der Waals surface area contributed by atoms with E-state index in [2.05, 4.69) is 20.0 Å². The summed E-state index contributed by atoms with van der Waals surface area (Å²) in [5.41, 5.74) is 4.72. The number of carbonyl (C=O) groups excluding carboxylic acids is 2. The third-order valence-electron chi connectivity index (χ3n) is 2.57. The van der Waals surface area contributed by atoms with Crippen LogP contribution < -0.4 is 11.1 Å². The summed E-state index contributed by atoms with van der Waals surface area (Å²) < 4.78 is 9.31. The maximum absolute atomic E-state index is 11.7. The summed E-state index contributed by atoms with van der Waals surface area (Å²) in [6.45, 7) is 3.55. The Kier molecular flexibility index (Phi) is 8.49. The molecule has 0 saturated carbocycles. The number of nitrogens with zero attached hydrogens (tertiary/aromatic N) is 1. The molecule has 0 fully saturated rings. The number of esters is 1. The van der Waals surface area contributed by atoms with Crippen LogP contribution in [0.3, 0.4) is 0 Å². The maximum Gasteiger partial charge on any atom is 0.360 e. The summed E-state index contributed by atoms with van der Waals surface area (Å²) in [6.07, 6.45) is 1.37. The second-order valence-corrected chi connectivity index (χ2v) is 4.41. The molecule has 0 aromatic rings. The molecule has 0 unspecified atom stereocenters. The standard InChI is InChI=1S/C12H23N3O5/c1-5-6-12(2,11(17)19-4)14-7-9(13)15-20-10(16)8-18-3/h14H,5-8H2,1-4H3,(H2,13,15)/t12-/m0/s1. The summed E-state index contributed by atoms with van der Waals surface area (Å²) in [6, 6.07) is 0. The molecule has 0 amide bonds. The van der Waals surface area contributed by atoms with Crippen LogP contribution in [-0.2, 0) is 23.9 Å². The molecule has 0 heterocycles. The summed E-state index contributed by atoms with van der Waals surface area (Å²) in [5, 5.41) is 6.39. The molecule has 1 atom stereocenters. The van der Waals surface area contributed by atoms with Crippen LogP contribution in [0.15, 0.2) is 5.16 Å². The van der Waals surface area contributed by atoms with Gasteiger partial charge in [0, 0.05) is 7.11 Å². The van der Waals surface area contributed by atoms with Crippen molar-refractivity contribution in [2.75, 3.05) is 27.4 Å². The predicted molar refractivity (Wildman–Crippen MR) is 72.9 cm³/mol. The Morgan fingerprint density at radius 3 is 2.50 bits per heavy atom. The van der Waals surface area contributed by atoms with Crippen LogP contribution in [0.1, 0.15) is 26.7 Å². The molecule has 0 rings (SSSR count). The zero-order valence-electron chi connectivity index (χ0n) is 12.4. The Morgan fingerprint density at radius 1 is 1.35 bits per heavy atom. The Morgan fingerprint density at radius 2 is 2.00 bits per heavy atom. The van der Waals surface area contributed by atoms with Gasteiger partial charge in [-0.2, -0.15) is 0 Å². The molecule has 8 heteroatoms. The number of ether oxygens (including phenoxy) is 2. The van der Waals surface area contributed by atoms with Gasteiger partial charge in [0.05, 0.1) is 13.7 Å². The monoisotopic (exact) mass is 289 g/mol. The lowest BCUT2D eigenvalue weighted by Crippen LogP contribution is -2.52. The minimum atomic E-state index is -0.861. The molecule has 0 aliphatic carbocycles. The van der Waals surface area contributed by atoms with Gasteiger partial charge in [-0.15, -0.1) is 0 Å². The number of rotatable bonds is 9. The number of carbonyl (C=O) groups is 2. The highest BCUT2D eigenvalue weighted by Gasteiger charge is 2.32. The average Bonchev–Trinajstić information content (AvgIpc) is 2.42. The van der Waals surface area contributed by atoms with Crippen molar-refractivity contribution in [3.63, 3.8) is 0 Å². The number of hydrogen-bond donors (Lipinski definition) is 2. The van der Waals surface area contributed by atoms with Gasteiger partial charge >= 0.3 is 11.9 Å². The second kappa shape index (κ2) is 9.27. The van der Waals surface area contributed by atoms with E-state index in [1.54, 1.807) is 6.92 Å². The van der Waals surface area contributed by atoms with Crippen molar-refractivity contribution in [2.24, 2.45) is 10.9 Å². The fraction of sp³-hybridized carbons (Fsp3) is 0.750. The maximum atomic E-state index is 11.7. The van der Waals surface area contributed by atoms with Crippen LogP contribution in [-0.4, -0.2) is 50.7 Å². The van der Waals surface area contributed by atoms with Crippen molar-refractivity contribution < 1.29 is 23.9 Å². The van der Waals surface area contributed by atoms with Crippen molar-refractivity contribution in [1.82, 2.24) is 5.32 Å². The average molecular weight is 289 g/mol. The molecule has 8 nitrogen and oxygen atoms in total. The summed E-state index contributed by atoms with van der Waals surface area (Å²) >= 11 is 0. The normalized spacial score (nSPS) is 14.5. The quantitative estimate of drug-likeness (QED) is 0.198. The highest BCUT2D eigenvalue weighted by Crippen LogP contribution is 2.13. The van der Waals surface area contributed by atoms with E-state index in [9.17, 15) is 9.59 Å². The van der Waals surface area contributed by atoms with Crippen molar-refractivity contribution >= 4 is 17.8 Å². The Balaban J connectivity index is 4.44. The molecular weight excluding hydrogens is 266 g/mol. The summed E-state index contributed by atoms with van der Waals surface area (Å²) in [5.74, 6) is -0.996. The molecule has 0 spiro atoms. The molecule has 0 saturated heterocycles. The van der Waals surface area contributed by atoms with E-state index in [1.165, 1.54) is 14.2 Å². The van der Waals surface area contributed by atoms with Crippen molar-refractivity contribution in [1.29, 1.82) is 0 Å². The molecule has 0 radical (unpaired) electrons. The Hall–Kier alpha value is -1.67. The van der Waals surface area contributed by atoms with E-state index >= 15 is 0 Å². The van der Waals surface area contributed by atoms with E-state index in [1.807, 2.05) is 6.92 Å². The SMILES string of the molecule is CCC[C@](C)(NC/C(N)=N/OC(=O)COC)C(=O)OC. The van der Waals surface area contributed by atoms with E-state index in [0.29, 0.717) is 6.42 Å². The van der Waals surface area contributed by atoms with Gasteiger partial charge in [0.2, 0.25) is 0 Å². The van der Waals surface area contributed by atoms with Gasteiger partial charge in [-0.25, -0.2) is 4.79 Å². The molecule has 116 valence electrons. The lowest BCUT2D eigenvalue weighted by atomic mass is 9.96. The first-order valence-corrected chi connectivity index (χ1v) is 6.24. The number of nitrogens with one attached hydrogen (secondary N) is 1. The van der Waals surface area contributed by atoms with E-state index < -0.39 is 11.5 Å². The third kappa shape index (κ3) is 6.48. The fourth-order valence-corrected chi connectivity index (χ4v) is 1.56. The van der Waals surface area contributed by atoms with Crippen LogP contribution >= 0.6 is 0 Å².